The van der Waals surface area contributed by atoms with E-state index in [0.29, 0.717) is 36.1 Å². The zero-order chi connectivity index (χ0) is 29.1. The second-order valence-corrected chi connectivity index (χ2v) is 11.9. The minimum atomic E-state index is -0.750. The van der Waals surface area contributed by atoms with E-state index < -0.39 is 12.2 Å². The van der Waals surface area contributed by atoms with Crippen molar-refractivity contribution in [3.63, 3.8) is 0 Å². The van der Waals surface area contributed by atoms with Crippen LogP contribution in [0, 0.1) is 29.1 Å². The lowest BCUT2D eigenvalue weighted by molar-refractivity contribution is -0.0231. The third-order valence-corrected chi connectivity index (χ3v) is 9.63. The minimum absolute atomic E-state index is 0.0137. The molecule has 218 valence electrons. The number of phenolic OH excluding ortho intramolecular Hbond substituents is 2. The number of benzene rings is 3. The number of aliphatic hydroxyl groups is 3. The van der Waals surface area contributed by atoms with E-state index in [1.807, 2.05) is 24.3 Å². The molecule has 0 amide bonds. The van der Waals surface area contributed by atoms with Gasteiger partial charge in [-0.2, -0.15) is 0 Å². The Bertz CT molecular complexity index is 1450. The quantitative estimate of drug-likeness (QED) is 0.215. The molecule has 3 aromatic rings. The second kappa shape index (κ2) is 12.3. The van der Waals surface area contributed by atoms with Crippen LogP contribution in [0.25, 0.3) is 21.9 Å². The van der Waals surface area contributed by atoms with Crippen molar-refractivity contribution < 1.29 is 30.3 Å². The Hall–Kier alpha value is -3.24. The van der Waals surface area contributed by atoms with Crippen LogP contribution >= 0.6 is 0 Å². The predicted molar refractivity (Wildman–Crippen MR) is 161 cm³/mol. The highest BCUT2D eigenvalue weighted by atomic mass is 16.5. The summed E-state index contributed by atoms with van der Waals surface area (Å²) in [6.07, 6.45) is 6.09. The van der Waals surface area contributed by atoms with E-state index in [1.165, 1.54) is 7.11 Å². The SMILES string of the molecule is CCC12C#CCC(C(O)CCc3ccc(O)c(OC)c3-c3cc4ccc(O)cc4cc3CO)C(O)C(CCC1)CC2. The Morgan fingerprint density at radius 3 is 2.61 bits per heavy atom. The van der Waals surface area contributed by atoms with Crippen LogP contribution in [0.15, 0.2) is 42.5 Å². The fourth-order valence-corrected chi connectivity index (χ4v) is 7.07. The molecule has 2 aliphatic carbocycles. The summed E-state index contributed by atoms with van der Waals surface area (Å²) >= 11 is 0. The number of methoxy groups -OCH3 is 1. The van der Waals surface area contributed by atoms with Gasteiger partial charge in [-0.05, 0) is 109 Å². The van der Waals surface area contributed by atoms with Gasteiger partial charge in [0, 0.05) is 23.3 Å². The topological polar surface area (TPSA) is 110 Å². The van der Waals surface area contributed by atoms with Crippen LogP contribution in [0.1, 0.15) is 69.4 Å². The molecule has 0 spiro atoms. The van der Waals surface area contributed by atoms with E-state index in [2.05, 4.69) is 18.8 Å². The van der Waals surface area contributed by atoms with Crippen molar-refractivity contribution in [2.45, 2.75) is 83.5 Å². The number of rotatable bonds is 8. The van der Waals surface area contributed by atoms with Crippen LogP contribution in [-0.4, -0.2) is 44.9 Å². The largest absolute Gasteiger partial charge is 0.508 e. The van der Waals surface area contributed by atoms with Crippen LogP contribution in [-0.2, 0) is 13.0 Å². The average Bonchev–Trinajstić information content (AvgIpc) is 3.17. The van der Waals surface area contributed by atoms with E-state index in [9.17, 15) is 25.5 Å². The molecule has 5 N–H and O–H groups in total. The molecule has 5 unspecified atom stereocenters. The number of aryl methyl sites for hydroxylation is 1. The van der Waals surface area contributed by atoms with Crippen LogP contribution < -0.4 is 4.74 Å². The van der Waals surface area contributed by atoms with Gasteiger partial charge in [-0.25, -0.2) is 0 Å². The molecule has 0 saturated heterocycles. The number of hydrogen-bond acceptors (Lipinski definition) is 6. The van der Waals surface area contributed by atoms with Gasteiger partial charge in [-0.1, -0.05) is 31.4 Å². The van der Waals surface area contributed by atoms with Crippen molar-refractivity contribution in [1.29, 1.82) is 0 Å². The van der Waals surface area contributed by atoms with E-state index in [4.69, 9.17) is 4.74 Å². The molecule has 3 aromatic carbocycles. The molecule has 2 bridgehead atoms. The molecule has 1 saturated carbocycles. The Labute approximate surface area is 242 Å². The summed E-state index contributed by atoms with van der Waals surface area (Å²) in [5.74, 6) is 7.19. The summed E-state index contributed by atoms with van der Waals surface area (Å²) in [7, 11) is 1.50. The molecule has 5 atom stereocenters. The fraction of sp³-hybridized carbons (Fsp3) is 0.486. The molecule has 6 nitrogen and oxygen atoms in total. The molecule has 2 aliphatic rings. The first-order valence-corrected chi connectivity index (χ1v) is 14.9. The highest BCUT2D eigenvalue weighted by Crippen LogP contribution is 2.45. The van der Waals surface area contributed by atoms with Crippen molar-refractivity contribution in [3.8, 4) is 40.2 Å². The molecule has 0 heterocycles. The maximum atomic E-state index is 11.5. The molecule has 0 radical (unpaired) electrons. The van der Waals surface area contributed by atoms with Gasteiger partial charge < -0.3 is 30.3 Å². The maximum Gasteiger partial charge on any atom is 0.168 e. The predicted octanol–water partition coefficient (Wildman–Crippen LogP) is 6.07. The number of fused-ring (bicyclic) bond motifs is 4. The van der Waals surface area contributed by atoms with Crippen molar-refractivity contribution in [1.82, 2.24) is 0 Å². The molecule has 6 heteroatoms. The molecule has 1 fully saturated rings. The van der Waals surface area contributed by atoms with Gasteiger partial charge in [0.2, 0.25) is 0 Å². The van der Waals surface area contributed by atoms with Crippen molar-refractivity contribution in [2.24, 2.45) is 17.3 Å². The van der Waals surface area contributed by atoms with Crippen molar-refractivity contribution in [3.05, 3.63) is 53.6 Å². The number of aromatic hydroxyl groups is 2. The first-order chi connectivity index (χ1) is 19.8. The normalized spacial score (nSPS) is 25.0. The molecule has 5 rings (SSSR count). The Morgan fingerprint density at radius 2 is 1.85 bits per heavy atom. The Kier molecular flexibility index (Phi) is 8.79. The lowest BCUT2D eigenvalue weighted by Gasteiger charge is -2.31. The summed E-state index contributed by atoms with van der Waals surface area (Å²) in [6, 6.07) is 12.3. The van der Waals surface area contributed by atoms with Gasteiger partial charge >= 0.3 is 0 Å². The standard InChI is InChI=1S/C35H42O6/c1-3-35-15-4-6-23(14-17-35)33(40)28(7-5-16-35)30(38)12-9-22-10-13-31(39)34(41-2)32(22)29-20-24-8-11-27(37)19-25(24)18-26(29)21-36/h8,10-11,13,18-20,23,28,30,33,36-40H,3-4,6-7,9,12,14-15,17,21H2,1-2H3. The van der Waals surface area contributed by atoms with Gasteiger partial charge in [0.05, 0.1) is 25.9 Å². The summed E-state index contributed by atoms with van der Waals surface area (Å²) in [4.78, 5) is 0. The van der Waals surface area contributed by atoms with Gasteiger partial charge in [0.25, 0.3) is 0 Å². The second-order valence-electron chi connectivity index (χ2n) is 11.9. The lowest BCUT2D eigenvalue weighted by atomic mass is 9.78. The third-order valence-electron chi connectivity index (χ3n) is 9.63. The number of aliphatic hydroxyl groups excluding tert-OH is 3. The summed E-state index contributed by atoms with van der Waals surface area (Å²) < 4.78 is 5.66. The van der Waals surface area contributed by atoms with Crippen LogP contribution in [0.4, 0.5) is 0 Å². The summed E-state index contributed by atoms with van der Waals surface area (Å²) in [6.45, 7) is 1.97. The third kappa shape index (κ3) is 5.90. The molecule has 0 aromatic heterocycles. The molecule has 41 heavy (non-hydrogen) atoms. The van der Waals surface area contributed by atoms with E-state index in [-0.39, 0.29) is 35.4 Å². The molecular weight excluding hydrogens is 516 g/mol. The zero-order valence-corrected chi connectivity index (χ0v) is 24.1. The number of hydrogen-bond donors (Lipinski definition) is 5. The minimum Gasteiger partial charge on any atom is -0.508 e. The first kappa shape index (κ1) is 29.3. The molecule has 0 aliphatic heterocycles. The Morgan fingerprint density at radius 1 is 1.02 bits per heavy atom. The average molecular weight is 559 g/mol. The lowest BCUT2D eigenvalue weighted by Crippen LogP contribution is -2.37. The Balaban J connectivity index is 1.47. The maximum absolute atomic E-state index is 11.5. The van der Waals surface area contributed by atoms with Crippen LogP contribution in [0.5, 0.6) is 17.2 Å². The van der Waals surface area contributed by atoms with Crippen molar-refractivity contribution in [2.75, 3.05) is 7.11 Å². The van der Waals surface area contributed by atoms with Gasteiger partial charge in [0.15, 0.2) is 11.5 Å². The van der Waals surface area contributed by atoms with Gasteiger partial charge in [-0.15, -0.1) is 5.92 Å². The van der Waals surface area contributed by atoms with Gasteiger partial charge in [-0.3, -0.25) is 0 Å². The summed E-state index contributed by atoms with van der Waals surface area (Å²) in [5, 5.41) is 55.5. The summed E-state index contributed by atoms with van der Waals surface area (Å²) in [5.41, 5.74) is 2.91. The highest BCUT2D eigenvalue weighted by Gasteiger charge is 2.38. The highest BCUT2D eigenvalue weighted by molar-refractivity contribution is 5.92. The fourth-order valence-electron chi connectivity index (χ4n) is 7.07. The first-order valence-electron chi connectivity index (χ1n) is 14.9. The van der Waals surface area contributed by atoms with Gasteiger partial charge in [0.1, 0.15) is 5.75 Å². The van der Waals surface area contributed by atoms with E-state index in [0.717, 1.165) is 60.4 Å². The van der Waals surface area contributed by atoms with Crippen molar-refractivity contribution >= 4 is 10.8 Å². The number of ether oxygens (including phenoxy) is 1. The zero-order valence-electron chi connectivity index (χ0n) is 24.1. The van der Waals surface area contributed by atoms with Crippen LogP contribution in [0.3, 0.4) is 0 Å². The van der Waals surface area contributed by atoms with Crippen LogP contribution in [0.2, 0.25) is 0 Å². The molecular formula is C35H42O6. The smallest absolute Gasteiger partial charge is 0.168 e. The van der Waals surface area contributed by atoms with E-state index in [1.54, 1.807) is 18.2 Å². The number of phenols is 2. The van der Waals surface area contributed by atoms with E-state index >= 15 is 0 Å². The monoisotopic (exact) mass is 558 g/mol.